The fourth-order valence-corrected chi connectivity index (χ4v) is 3.53. The molecular formula is C17H24N2O. The monoisotopic (exact) mass is 272 g/mol. The molecule has 1 aromatic carbocycles. The van der Waals surface area contributed by atoms with Crippen LogP contribution in [0.5, 0.6) is 0 Å². The van der Waals surface area contributed by atoms with Crippen LogP contribution in [0.25, 0.3) is 0 Å². The number of carbonyl (C=O) groups is 1. The molecule has 1 aromatic rings. The Kier molecular flexibility index (Phi) is 3.68. The highest BCUT2D eigenvalue weighted by Gasteiger charge is 2.30. The molecular weight excluding hydrogens is 248 g/mol. The zero-order valence-electron chi connectivity index (χ0n) is 12.4. The van der Waals surface area contributed by atoms with E-state index in [0.29, 0.717) is 12.0 Å². The maximum absolute atomic E-state index is 12.5. The Morgan fingerprint density at radius 3 is 2.85 bits per heavy atom. The van der Waals surface area contributed by atoms with Crippen LogP contribution in [-0.4, -0.2) is 11.9 Å². The van der Waals surface area contributed by atoms with Gasteiger partial charge < -0.3 is 10.6 Å². The first kappa shape index (κ1) is 13.5. The number of fused-ring (bicyclic) bond motifs is 1. The molecule has 0 spiro atoms. The van der Waals surface area contributed by atoms with Crippen LogP contribution < -0.4 is 10.6 Å². The van der Waals surface area contributed by atoms with Crippen LogP contribution in [0.15, 0.2) is 18.2 Å². The van der Waals surface area contributed by atoms with Gasteiger partial charge in [0.1, 0.15) is 0 Å². The first-order chi connectivity index (χ1) is 9.65. The number of hydrogen-bond donors (Lipinski definition) is 2. The molecule has 3 unspecified atom stereocenters. The van der Waals surface area contributed by atoms with E-state index in [-0.39, 0.29) is 11.8 Å². The summed E-state index contributed by atoms with van der Waals surface area (Å²) in [6, 6.07) is 6.69. The van der Waals surface area contributed by atoms with E-state index in [1.165, 1.54) is 18.4 Å². The highest BCUT2D eigenvalue weighted by molar-refractivity contribution is 5.96. The summed E-state index contributed by atoms with van der Waals surface area (Å²) >= 11 is 0. The third-order valence-corrected chi connectivity index (χ3v) is 4.84. The molecule has 3 atom stereocenters. The van der Waals surface area contributed by atoms with Gasteiger partial charge in [0.05, 0.1) is 11.4 Å². The van der Waals surface area contributed by atoms with Crippen molar-refractivity contribution in [2.75, 3.05) is 10.6 Å². The lowest BCUT2D eigenvalue weighted by atomic mass is 9.96. The van der Waals surface area contributed by atoms with Crippen LogP contribution >= 0.6 is 0 Å². The molecule has 20 heavy (non-hydrogen) atoms. The minimum absolute atomic E-state index is 0.187. The van der Waals surface area contributed by atoms with Crippen LogP contribution in [-0.2, 0) is 11.2 Å². The smallest absolute Gasteiger partial charge is 0.227 e. The largest absolute Gasteiger partial charge is 0.381 e. The average molecular weight is 272 g/mol. The van der Waals surface area contributed by atoms with E-state index in [1.807, 2.05) is 12.1 Å². The number of amides is 1. The van der Waals surface area contributed by atoms with E-state index in [4.69, 9.17) is 0 Å². The first-order valence-electron chi connectivity index (χ1n) is 7.84. The average Bonchev–Trinajstić information content (AvgIpc) is 2.86. The zero-order valence-corrected chi connectivity index (χ0v) is 12.4. The molecule has 1 aliphatic carbocycles. The van der Waals surface area contributed by atoms with Gasteiger partial charge in [-0.25, -0.2) is 0 Å². The van der Waals surface area contributed by atoms with Gasteiger partial charge in [-0.3, -0.25) is 4.79 Å². The fourth-order valence-electron chi connectivity index (χ4n) is 3.53. The minimum Gasteiger partial charge on any atom is -0.381 e. The maximum atomic E-state index is 12.5. The van der Waals surface area contributed by atoms with Gasteiger partial charge in [0.15, 0.2) is 0 Å². The number of aryl methyl sites for hydroxylation is 1. The normalized spacial score (nSPS) is 28.6. The summed E-state index contributed by atoms with van der Waals surface area (Å²) < 4.78 is 0. The summed E-state index contributed by atoms with van der Waals surface area (Å²) in [5.74, 6) is 0.900. The van der Waals surface area contributed by atoms with Gasteiger partial charge in [0, 0.05) is 12.0 Å². The van der Waals surface area contributed by atoms with Crippen LogP contribution in [0.1, 0.15) is 45.1 Å². The number of carbonyl (C=O) groups excluding carboxylic acids is 1. The molecule has 3 nitrogen and oxygen atoms in total. The van der Waals surface area contributed by atoms with Gasteiger partial charge >= 0.3 is 0 Å². The van der Waals surface area contributed by atoms with Crippen molar-refractivity contribution in [1.82, 2.24) is 0 Å². The Morgan fingerprint density at radius 1 is 1.25 bits per heavy atom. The van der Waals surface area contributed by atoms with Gasteiger partial charge in [0.2, 0.25) is 5.91 Å². The molecule has 0 aromatic heterocycles. The van der Waals surface area contributed by atoms with Crippen molar-refractivity contribution in [2.24, 2.45) is 11.8 Å². The van der Waals surface area contributed by atoms with Crippen molar-refractivity contribution in [2.45, 2.75) is 52.0 Å². The van der Waals surface area contributed by atoms with E-state index >= 15 is 0 Å². The second-order valence-corrected chi connectivity index (χ2v) is 6.43. The molecule has 2 aliphatic rings. The molecule has 1 saturated carbocycles. The summed E-state index contributed by atoms with van der Waals surface area (Å²) in [5, 5.41) is 6.68. The van der Waals surface area contributed by atoms with Crippen LogP contribution in [0, 0.1) is 11.8 Å². The molecule has 1 fully saturated rings. The van der Waals surface area contributed by atoms with Crippen LogP contribution in [0.4, 0.5) is 11.4 Å². The van der Waals surface area contributed by atoms with Gasteiger partial charge in [-0.2, -0.15) is 0 Å². The zero-order chi connectivity index (χ0) is 14.1. The Hall–Kier alpha value is -1.51. The van der Waals surface area contributed by atoms with Crippen molar-refractivity contribution in [3.05, 3.63) is 23.8 Å². The van der Waals surface area contributed by atoms with E-state index < -0.39 is 0 Å². The first-order valence-corrected chi connectivity index (χ1v) is 7.84. The third kappa shape index (κ3) is 2.54. The molecule has 1 amide bonds. The summed E-state index contributed by atoms with van der Waals surface area (Å²) in [5.41, 5.74) is 3.41. The van der Waals surface area contributed by atoms with Crippen molar-refractivity contribution >= 4 is 17.3 Å². The Morgan fingerprint density at radius 2 is 2.10 bits per heavy atom. The molecule has 0 radical (unpaired) electrons. The number of benzene rings is 1. The molecule has 3 rings (SSSR count). The summed E-state index contributed by atoms with van der Waals surface area (Å²) in [6.07, 6.45) is 5.64. The van der Waals surface area contributed by atoms with E-state index in [0.717, 1.165) is 30.6 Å². The van der Waals surface area contributed by atoms with Crippen molar-refractivity contribution in [3.63, 3.8) is 0 Å². The fraction of sp³-hybridized carbons (Fsp3) is 0.588. The predicted octanol–water partition coefficient (Wildman–Crippen LogP) is 3.81. The molecule has 1 heterocycles. The highest BCUT2D eigenvalue weighted by atomic mass is 16.1. The molecule has 1 aliphatic heterocycles. The second kappa shape index (κ2) is 5.47. The molecule has 3 heteroatoms. The second-order valence-electron chi connectivity index (χ2n) is 6.43. The lowest BCUT2D eigenvalue weighted by molar-refractivity contribution is -0.120. The molecule has 108 valence electrons. The Bertz CT molecular complexity index is 512. The lowest BCUT2D eigenvalue weighted by Gasteiger charge is -2.27. The van der Waals surface area contributed by atoms with Crippen molar-refractivity contribution in [3.8, 4) is 0 Å². The quantitative estimate of drug-likeness (QED) is 0.859. The summed E-state index contributed by atoms with van der Waals surface area (Å²) in [6.45, 7) is 4.39. The topological polar surface area (TPSA) is 41.1 Å². The SMILES string of the molecule is CC1CCc2cccc(NC(=O)C3CCCC3C)c2N1. The Labute approximate surface area is 121 Å². The van der Waals surface area contributed by atoms with E-state index in [2.05, 4.69) is 30.5 Å². The Balaban J connectivity index is 1.79. The van der Waals surface area contributed by atoms with Crippen molar-refractivity contribution in [1.29, 1.82) is 0 Å². The van der Waals surface area contributed by atoms with Gasteiger partial charge in [-0.15, -0.1) is 0 Å². The van der Waals surface area contributed by atoms with E-state index in [9.17, 15) is 4.79 Å². The minimum atomic E-state index is 0.187. The van der Waals surface area contributed by atoms with Gasteiger partial charge in [0.25, 0.3) is 0 Å². The van der Waals surface area contributed by atoms with Crippen molar-refractivity contribution < 1.29 is 4.79 Å². The number of para-hydroxylation sites is 1. The highest BCUT2D eigenvalue weighted by Crippen LogP contribution is 2.35. The molecule has 2 N–H and O–H groups in total. The van der Waals surface area contributed by atoms with Gasteiger partial charge in [-0.1, -0.05) is 25.5 Å². The molecule has 0 bridgehead atoms. The van der Waals surface area contributed by atoms with Crippen LogP contribution in [0.2, 0.25) is 0 Å². The van der Waals surface area contributed by atoms with Gasteiger partial charge in [-0.05, 0) is 50.2 Å². The third-order valence-electron chi connectivity index (χ3n) is 4.84. The standard InChI is InChI=1S/C17H24N2O/c1-11-5-3-7-14(11)17(20)19-15-8-4-6-13-10-9-12(2)18-16(13)15/h4,6,8,11-12,14,18H,3,5,7,9-10H2,1-2H3,(H,19,20). The number of rotatable bonds is 2. The number of hydrogen-bond acceptors (Lipinski definition) is 2. The predicted molar refractivity (Wildman–Crippen MR) is 83.0 cm³/mol. The summed E-state index contributed by atoms with van der Waals surface area (Å²) in [7, 11) is 0. The molecule has 0 saturated heterocycles. The lowest BCUT2D eigenvalue weighted by Crippen LogP contribution is -2.27. The maximum Gasteiger partial charge on any atom is 0.227 e. The van der Waals surface area contributed by atoms with Crippen LogP contribution in [0.3, 0.4) is 0 Å². The van der Waals surface area contributed by atoms with E-state index in [1.54, 1.807) is 0 Å². The summed E-state index contributed by atoms with van der Waals surface area (Å²) in [4.78, 5) is 12.5. The number of nitrogens with one attached hydrogen (secondary N) is 2. The number of anilines is 2.